The molecule has 5 heteroatoms. The number of rotatable bonds is 3. The lowest BCUT2D eigenvalue weighted by molar-refractivity contribution is 0.1000. The molecular weight excluding hydrogens is 288 g/mol. The largest absolute Gasteiger partial charge is 0.368 e. The topological polar surface area (TPSA) is 62.5 Å². The molecule has 2 heterocycles. The number of aryl methyl sites for hydroxylation is 2. The number of hydrogen-bond acceptors (Lipinski definition) is 4. The van der Waals surface area contributed by atoms with E-state index in [0.29, 0.717) is 5.56 Å². The van der Waals surface area contributed by atoms with Crippen molar-refractivity contribution in [3.63, 3.8) is 0 Å². The molecule has 1 aliphatic rings. The average Bonchev–Trinajstić information content (AvgIpc) is 2.54. The molecule has 1 amide bonds. The van der Waals surface area contributed by atoms with Crippen molar-refractivity contribution in [2.45, 2.75) is 13.8 Å². The van der Waals surface area contributed by atoms with Gasteiger partial charge in [-0.25, -0.2) is 4.98 Å². The molecule has 0 radical (unpaired) electrons. The van der Waals surface area contributed by atoms with Crippen molar-refractivity contribution < 1.29 is 4.79 Å². The van der Waals surface area contributed by atoms with E-state index >= 15 is 0 Å². The Hall–Kier alpha value is -2.56. The molecule has 23 heavy (non-hydrogen) atoms. The Kier molecular flexibility index (Phi) is 4.19. The number of amides is 1. The van der Waals surface area contributed by atoms with Gasteiger partial charge in [0.05, 0.1) is 5.56 Å². The minimum absolute atomic E-state index is 0.407. The number of nitrogens with two attached hydrogens (primary N) is 1. The monoisotopic (exact) mass is 310 g/mol. The van der Waals surface area contributed by atoms with Crippen molar-refractivity contribution in [2.75, 3.05) is 36.0 Å². The minimum atomic E-state index is -0.407. The number of carbonyl (C=O) groups is 1. The lowest BCUT2D eigenvalue weighted by Gasteiger charge is -2.37. The second-order valence-corrected chi connectivity index (χ2v) is 5.95. The Balaban J connectivity index is 1.82. The van der Waals surface area contributed by atoms with Crippen LogP contribution in [0, 0.1) is 13.8 Å². The van der Waals surface area contributed by atoms with Crippen LogP contribution >= 0.6 is 0 Å². The third-order valence-corrected chi connectivity index (χ3v) is 4.27. The number of anilines is 2. The van der Waals surface area contributed by atoms with E-state index in [1.807, 2.05) is 26.0 Å². The molecule has 0 bridgehead atoms. The highest BCUT2D eigenvalue weighted by Crippen LogP contribution is 2.24. The number of benzene rings is 1. The van der Waals surface area contributed by atoms with E-state index in [2.05, 4.69) is 39.0 Å². The van der Waals surface area contributed by atoms with Crippen molar-refractivity contribution in [3.05, 3.63) is 53.2 Å². The lowest BCUT2D eigenvalue weighted by atomic mass is 10.1. The molecule has 0 atom stereocenters. The van der Waals surface area contributed by atoms with Gasteiger partial charge >= 0.3 is 0 Å². The van der Waals surface area contributed by atoms with Crippen LogP contribution < -0.4 is 15.5 Å². The van der Waals surface area contributed by atoms with Crippen LogP contribution in [0.15, 0.2) is 36.4 Å². The van der Waals surface area contributed by atoms with E-state index in [1.54, 1.807) is 0 Å². The van der Waals surface area contributed by atoms with Crippen LogP contribution in [0.1, 0.15) is 21.6 Å². The maximum absolute atomic E-state index is 11.8. The molecule has 2 N–H and O–H groups in total. The van der Waals surface area contributed by atoms with E-state index in [0.717, 1.165) is 43.3 Å². The Morgan fingerprint density at radius 3 is 2.26 bits per heavy atom. The molecule has 1 saturated heterocycles. The van der Waals surface area contributed by atoms with E-state index < -0.39 is 5.91 Å². The van der Waals surface area contributed by atoms with Gasteiger partial charge in [0.15, 0.2) is 0 Å². The van der Waals surface area contributed by atoms with Crippen LogP contribution in [-0.4, -0.2) is 37.1 Å². The summed E-state index contributed by atoms with van der Waals surface area (Å²) in [6.45, 7) is 7.31. The summed E-state index contributed by atoms with van der Waals surface area (Å²) in [4.78, 5) is 20.9. The number of primary amides is 1. The van der Waals surface area contributed by atoms with Crippen molar-refractivity contribution in [1.29, 1.82) is 0 Å². The van der Waals surface area contributed by atoms with E-state index in [4.69, 9.17) is 5.73 Å². The highest BCUT2D eigenvalue weighted by atomic mass is 16.1. The number of aromatic nitrogens is 1. The van der Waals surface area contributed by atoms with Gasteiger partial charge in [0.1, 0.15) is 5.82 Å². The van der Waals surface area contributed by atoms with Crippen molar-refractivity contribution >= 4 is 17.4 Å². The van der Waals surface area contributed by atoms with Gasteiger partial charge in [0.2, 0.25) is 0 Å². The predicted octanol–water partition coefficient (Wildman–Crippen LogP) is 2.12. The van der Waals surface area contributed by atoms with Crippen molar-refractivity contribution in [3.8, 4) is 0 Å². The van der Waals surface area contributed by atoms with E-state index in [9.17, 15) is 4.79 Å². The fourth-order valence-corrected chi connectivity index (χ4v) is 3.17. The first-order chi connectivity index (χ1) is 11.1. The molecule has 0 spiro atoms. The summed E-state index contributed by atoms with van der Waals surface area (Å²) in [7, 11) is 0. The van der Waals surface area contributed by atoms with Crippen LogP contribution in [-0.2, 0) is 0 Å². The Bertz CT molecular complexity index is 706. The molecule has 5 nitrogen and oxygen atoms in total. The quantitative estimate of drug-likeness (QED) is 0.943. The summed E-state index contributed by atoms with van der Waals surface area (Å²) >= 11 is 0. The Morgan fingerprint density at radius 2 is 1.65 bits per heavy atom. The highest BCUT2D eigenvalue weighted by Gasteiger charge is 2.23. The van der Waals surface area contributed by atoms with Gasteiger partial charge in [-0.1, -0.05) is 18.2 Å². The molecule has 1 aromatic heterocycles. The van der Waals surface area contributed by atoms with Gasteiger partial charge in [-0.3, -0.25) is 4.79 Å². The maximum Gasteiger partial charge on any atom is 0.252 e. The first kappa shape index (κ1) is 15.3. The fraction of sp³-hybridized carbons (Fsp3) is 0.333. The summed E-state index contributed by atoms with van der Waals surface area (Å²) in [5.74, 6) is 0.318. The molecule has 0 unspecified atom stereocenters. The standard InChI is InChI=1S/C18H22N4O/c1-13-12-14(2)20-18(16(13)17(19)23)22-10-8-21(9-11-22)15-6-4-3-5-7-15/h3-7,12H,8-11H2,1-2H3,(H2,19,23). The predicted molar refractivity (Wildman–Crippen MR) is 93.1 cm³/mol. The van der Waals surface area contributed by atoms with Crippen molar-refractivity contribution in [2.24, 2.45) is 5.73 Å². The average molecular weight is 310 g/mol. The van der Waals surface area contributed by atoms with E-state index in [1.165, 1.54) is 5.69 Å². The fourth-order valence-electron chi connectivity index (χ4n) is 3.17. The number of pyridine rings is 1. The molecule has 3 rings (SSSR count). The van der Waals surface area contributed by atoms with Gasteiger partial charge in [-0.05, 0) is 37.6 Å². The molecule has 120 valence electrons. The molecule has 1 fully saturated rings. The number of nitrogens with zero attached hydrogens (tertiary/aromatic N) is 3. The molecule has 0 aliphatic carbocycles. The zero-order valence-electron chi connectivity index (χ0n) is 13.6. The zero-order valence-corrected chi connectivity index (χ0v) is 13.6. The number of hydrogen-bond donors (Lipinski definition) is 1. The third-order valence-electron chi connectivity index (χ3n) is 4.27. The van der Waals surface area contributed by atoms with Crippen LogP contribution in [0.5, 0.6) is 0 Å². The van der Waals surface area contributed by atoms with Gasteiger partial charge in [-0.2, -0.15) is 0 Å². The number of carbonyl (C=O) groups excluding carboxylic acids is 1. The summed E-state index contributed by atoms with van der Waals surface area (Å²) in [6.07, 6.45) is 0. The Morgan fingerprint density at radius 1 is 1.04 bits per heavy atom. The van der Waals surface area contributed by atoms with Gasteiger partial charge < -0.3 is 15.5 Å². The lowest BCUT2D eigenvalue weighted by Crippen LogP contribution is -2.47. The number of para-hydroxylation sites is 1. The smallest absolute Gasteiger partial charge is 0.252 e. The van der Waals surface area contributed by atoms with E-state index in [-0.39, 0.29) is 0 Å². The van der Waals surface area contributed by atoms with Crippen LogP contribution in [0.4, 0.5) is 11.5 Å². The minimum Gasteiger partial charge on any atom is -0.368 e. The maximum atomic E-state index is 11.8. The van der Waals surface area contributed by atoms with Crippen LogP contribution in [0.25, 0.3) is 0 Å². The summed E-state index contributed by atoms with van der Waals surface area (Å²) < 4.78 is 0. The van der Waals surface area contributed by atoms with Crippen molar-refractivity contribution in [1.82, 2.24) is 4.98 Å². The van der Waals surface area contributed by atoms with Crippen LogP contribution in [0.3, 0.4) is 0 Å². The summed E-state index contributed by atoms with van der Waals surface area (Å²) in [5, 5.41) is 0. The SMILES string of the molecule is Cc1cc(C)c(C(N)=O)c(N2CCN(c3ccccc3)CC2)n1. The number of piperazine rings is 1. The van der Waals surface area contributed by atoms with Gasteiger partial charge in [-0.15, -0.1) is 0 Å². The normalized spacial score (nSPS) is 14.9. The molecule has 2 aromatic rings. The Labute approximate surface area is 136 Å². The highest BCUT2D eigenvalue weighted by molar-refractivity contribution is 5.99. The molecule has 1 aromatic carbocycles. The summed E-state index contributed by atoms with van der Waals surface area (Å²) in [5.41, 5.74) is 9.16. The molecular formula is C18H22N4O. The first-order valence-electron chi connectivity index (χ1n) is 7.89. The second-order valence-electron chi connectivity index (χ2n) is 5.95. The third kappa shape index (κ3) is 3.13. The van der Waals surface area contributed by atoms with Crippen LogP contribution in [0.2, 0.25) is 0 Å². The summed E-state index contributed by atoms with van der Waals surface area (Å²) in [6, 6.07) is 12.3. The second kappa shape index (κ2) is 6.28. The molecule has 1 aliphatic heterocycles. The first-order valence-corrected chi connectivity index (χ1v) is 7.89. The zero-order chi connectivity index (χ0) is 16.4. The molecule has 0 saturated carbocycles. The van der Waals surface area contributed by atoms with Gasteiger partial charge in [0.25, 0.3) is 5.91 Å². The van der Waals surface area contributed by atoms with Gasteiger partial charge in [0, 0.05) is 37.6 Å².